The minimum Gasteiger partial charge on any atom is -0.339 e. The molecule has 1 aromatic carbocycles. The highest BCUT2D eigenvalue weighted by molar-refractivity contribution is 7.89. The van der Waals surface area contributed by atoms with Gasteiger partial charge in [0, 0.05) is 26.2 Å². The Labute approximate surface area is 156 Å². The third kappa shape index (κ3) is 3.49. The van der Waals surface area contributed by atoms with Crippen molar-refractivity contribution in [3.8, 4) is 6.07 Å². The molecule has 1 heterocycles. The Bertz CT molecular complexity index is 848. The second kappa shape index (κ2) is 7.01. The molecule has 0 radical (unpaired) electrons. The van der Waals surface area contributed by atoms with Gasteiger partial charge in [-0.05, 0) is 63.8 Å². The van der Waals surface area contributed by atoms with E-state index in [2.05, 4.69) is 0 Å². The molecule has 2 rings (SSSR count). The molecule has 0 unspecified atom stereocenters. The molecule has 0 bridgehead atoms. The second-order valence-corrected chi connectivity index (χ2v) is 9.40. The number of nitriles is 1. The summed E-state index contributed by atoms with van der Waals surface area (Å²) in [6, 6.07) is 4.01. The standard InChI is InChI=1S/C19H27N3O3S/c1-13-11-14(2)16(4)17(15(13)3)26(24,25)22-9-7-21(8-10-22)18(23)19(5,6)12-20/h11H,7-10H2,1-6H3. The van der Waals surface area contributed by atoms with Crippen molar-refractivity contribution in [2.45, 2.75) is 46.4 Å². The number of amides is 1. The summed E-state index contributed by atoms with van der Waals surface area (Å²) in [5.74, 6) is -0.254. The largest absolute Gasteiger partial charge is 0.339 e. The highest BCUT2D eigenvalue weighted by Crippen LogP contribution is 2.29. The van der Waals surface area contributed by atoms with E-state index in [4.69, 9.17) is 5.26 Å². The Hall–Kier alpha value is -1.91. The molecule has 1 saturated heterocycles. The Kier molecular flexibility index (Phi) is 5.50. The molecular formula is C19H27N3O3S. The van der Waals surface area contributed by atoms with Crippen LogP contribution in [0.25, 0.3) is 0 Å². The summed E-state index contributed by atoms with van der Waals surface area (Å²) >= 11 is 0. The van der Waals surface area contributed by atoms with Crippen LogP contribution in [0.3, 0.4) is 0 Å². The lowest BCUT2D eigenvalue weighted by atomic mass is 9.93. The van der Waals surface area contributed by atoms with Gasteiger partial charge in [0.2, 0.25) is 15.9 Å². The molecule has 0 N–H and O–H groups in total. The van der Waals surface area contributed by atoms with Crippen LogP contribution in [0.4, 0.5) is 0 Å². The van der Waals surface area contributed by atoms with E-state index in [1.54, 1.807) is 18.7 Å². The lowest BCUT2D eigenvalue weighted by molar-refractivity contribution is -0.138. The van der Waals surface area contributed by atoms with Crippen LogP contribution in [0, 0.1) is 44.4 Å². The number of rotatable bonds is 3. The van der Waals surface area contributed by atoms with E-state index in [0.29, 0.717) is 18.0 Å². The van der Waals surface area contributed by atoms with Crippen LogP contribution in [-0.4, -0.2) is 49.7 Å². The monoisotopic (exact) mass is 377 g/mol. The van der Waals surface area contributed by atoms with Crippen LogP contribution in [0.5, 0.6) is 0 Å². The number of sulfonamides is 1. The average Bonchev–Trinajstić information content (AvgIpc) is 2.59. The highest BCUT2D eigenvalue weighted by Gasteiger charge is 2.37. The van der Waals surface area contributed by atoms with E-state index >= 15 is 0 Å². The molecule has 1 aliphatic heterocycles. The first-order valence-electron chi connectivity index (χ1n) is 8.71. The van der Waals surface area contributed by atoms with Gasteiger partial charge in [-0.3, -0.25) is 4.79 Å². The summed E-state index contributed by atoms with van der Waals surface area (Å²) in [5.41, 5.74) is 2.36. The van der Waals surface area contributed by atoms with E-state index < -0.39 is 15.4 Å². The number of hydrogen-bond acceptors (Lipinski definition) is 4. The molecule has 1 aromatic rings. The van der Waals surface area contributed by atoms with Gasteiger partial charge in [-0.15, -0.1) is 0 Å². The number of carbonyl (C=O) groups is 1. The Morgan fingerprint density at radius 1 is 1.04 bits per heavy atom. The summed E-state index contributed by atoms with van der Waals surface area (Å²) in [7, 11) is -3.63. The van der Waals surface area contributed by atoms with E-state index in [0.717, 1.165) is 22.3 Å². The number of aryl methyl sites for hydroxylation is 2. The third-order valence-electron chi connectivity index (χ3n) is 5.24. The fourth-order valence-electron chi connectivity index (χ4n) is 3.27. The molecule has 1 fully saturated rings. The normalized spacial score (nSPS) is 16.4. The van der Waals surface area contributed by atoms with Gasteiger partial charge in [-0.25, -0.2) is 8.42 Å². The zero-order chi connectivity index (χ0) is 19.9. The molecule has 0 spiro atoms. The quantitative estimate of drug-likeness (QED) is 0.809. The van der Waals surface area contributed by atoms with Crippen molar-refractivity contribution >= 4 is 15.9 Å². The summed E-state index contributed by atoms with van der Waals surface area (Å²) in [4.78, 5) is 14.4. The SMILES string of the molecule is Cc1cc(C)c(C)c(S(=O)(=O)N2CCN(C(=O)C(C)(C)C#N)CC2)c1C. The van der Waals surface area contributed by atoms with Crippen molar-refractivity contribution in [3.05, 3.63) is 28.3 Å². The van der Waals surface area contributed by atoms with Crippen LogP contribution >= 0.6 is 0 Å². The Morgan fingerprint density at radius 3 is 1.92 bits per heavy atom. The van der Waals surface area contributed by atoms with Gasteiger partial charge in [0.15, 0.2) is 0 Å². The van der Waals surface area contributed by atoms with Crippen molar-refractivity contribution in [1.29, 1.82) is 5.26 Å². The summed E-state index contributed by atoms with van der Waals surface area (Å²) in [6.45, 7) is 11.7. The fourth-order valence-corrected chi connectivity index (χ4v) is 5.27. The molecule has 1 aliphatic rings. The predicted octanol–water partition coefficient (Wildman–Crippen LogP) is 2.30. The van der Waals surface area contributed by atoms with E-state index in [-0.39, 0.29) is 19.0 Å². The molecule has 0 atom stereocenters. The molecule has 142 valence electrons. The van der Waals surface area contributed by atoms with E-state index in [9.17, 15) is 13.2 Å². The molecule has 0 aliphatic carbocycles. The lowest BCUT2D eigenvalue weighted by Crippen LogP contribution is -2.53. The van der Waals surface area contributed by atoms with Gasteiger partial charge in [-0.2, -0.15) is 9.57 Å². The molecule has 6 nitrogen and oxygen atoms in total. The number of carbonyl (C=O) groups excluding carboxylic acids is 1. The molecule has 1 amide bonds. The second-order valence-electron chi connectivity index (χ2n) is 7.52. The summed E-state index contributed by atoms with van der Waals surface area (Å²) in [6.07, 6.45) is 0. The number of piperazine rings is 1. The van der Waals surface area contributed by atoms with Crippen LogP contribution in [-0.2, 0) is 14.8 Å². The van der Waals surface area contributed by atoms with Crippen molar-refractivity contribution in [2.75, 3.05) is 26.2 Å². The highest BCUT2D eigenvalue weighted by atomic mass is 32.2. The first-order valence-corrected chi connectivity index (χ1v) is 10.2. The first-order chi connectivity index (χ1) is 11.9. The predicted molar refractivity (Wildman–Crippen MR) is 100 cm³/mol. The van der Waals surface area contributed by atoms with Crippen LogP contribution in [0.15, 0.2) is 11.0 Å². The summed E-state index contributed by atoms with van der Waals surface area (Å²) < 4.78 is 27.9. The maximum absolute atomic E-state index is 13.2. The number of benzene rings is 1. The van der Waals surface area contributed by atoms with Crippen LogP contribution < -0.4 is 0 Å². The molecular weight excluding hydrogens is 350 g/mol. The topological polar surface area (TPSA) is 81.5 Å². The Balaban J connectivity index is 2.28. The van der Waals surface area contributed by atoms with Gasteiger partial charge in [0.05, 0.1) is 11.0 Å². The smallest absolute Gasteiger partial charge is 0.243 e. The van der Waals surface area contributed by atoms with Crippen molar-refractivity contribution in [3.63, 3.8) is 0 Å². The average molecular weight is 378 g/mol. The molecule has 0 saturated carbocycles. The van der Waals surface area contributed by atoms with Crippen molar-refractivity contribution in [2.24, 2.45) is 5.41 Å². The molecule has 26 heavy (non-hydrogen) atoms. The lowest BCUT2D eigenvalue weighted by Gasteiger charge is -2.36. The number of nitrogens with zero attached hydrogens (tertiary/aromatic N) is 3. The van der Waals surface area contributed by atoms with Gasteiger partial charge in [-0.1, -0.05) is 6.07 Å². The maximum Gasteiger partial charge on any atom is 0.243 e. The third-order valence-corrected chi connectivity index (χ3v) is 7.41. The molecule has 7 heteroatoms. The van der Waals surface area contributed by atoms with E-state index in [1.807, 2.05) is 39.8 Å². The first kappa shape index (κ1) is 20.4. The minimum absolute atomic E-state index is 0.238. The minimum atomic E-state index is -3.63. The van der Waals surface area contributed by atoms with Crippen LogP contribution in [0.1, 0.15) is 36.1 Å². The maximum atomic E-state index is 13.2. The zero-order valence-electron chi connectivity index (χ0n) is 16.4. The zero-order valence-corrected chi connectivity index (χ0v) is 17.2. The van der Waals surface area contributed by atoms with Gasteiger partial charge >= 0.3 is 0 Å². The van der Waals surface area contributed by atoms with E-state index in [1.165, 1.54) is 4.31 Å². The number of hydrogen-bond donors (Lipinski definition) is 0. The Morgan fingerprint density at radius 2 is 1.50 bits per heavy atom. The van der Waals surface area contributed by atoms with Gasteiger partial charge in [0.25, 0.3) is 0 Å². The van der Waals surface area contributed by atoms with Gasteiger partial charge in [0.1, 0.15) is 5.41 Å². The molecule has 0 aromatic heterocycles. The van der Waals surface area contributed by atoms with Gasteiger partial charge < -0.3 is 4.90 Å². The van der Waals surface area contributed by atoms with Crippen molar-refractivity contribution in [1.82, 2.24) is 9.21 Å². The van der Waals surface area contributed by atoms with Crippen LogP contribution in [0.2, 0.25) is 0 Å². The van der Waals surface area contributed by atoms with Crippen molar-refractivity contribution < 1.29 is 13.2 Å². The fraction of sp³-hybridized carbons (Fsp3) is 0.579. The summed E-state index contributed by atoms with van der Waals surface area (Å²) in [5, 5.41) is 9.13.